The van der Waals surface area contributed by atoms with Gasteiger partial charge in [-0.2, -0.15) is 0 Å². The maximum Gasteiger partial charge on any atom is 0.0878 e. The van der Waals surface area contributed by atoms with Crippen molar-refractivity contribution in [2.75, 3.05) is 6.61 Å². The summed E-state index contributed by atoms with van der Waals surface area (Å²) in [5.74, 6) is 0. The van der Waals surface area contributed by atoms with Crippen molar-refractivity contribution in [1.29, 1.82) is 0 Å². The SMILES string of the molecule is C=CC1=C(C=C)C(C)(C)OCC1(C)C. The summed E-state index contributed by atoms with van der Waals surface area (Å²) in [5, 5.41) is 0. The van der Waals surface area contributed by atoms with Crippen molar-refractivity contribution in [2.45, 2.75) is 33.3 Å². The van der Waals surface area contributed by atoms with E-state index in [1.54, 1.807) is 0 Å². The Hall–Kier alpha value is -0.820. The van der Waals surface area contributed by atoms with Crippen LogP contribution in [-0.4, -0.2) is 12.2 Å². The smallest absolute Gasteiger partial charge is 0.0878 e. The van der Waals surface area contributed by atoms with Crippen LogP contribution in [0.25, 0.3) is 0 Å². The molecule has 0 aromatic heterocycles. The molecule has 0 aromatic carbocycles. The number of ether oxygens (including phenoxy) is 1. The van der Waals surface area contributed by atoms with Crippen LogP contribution >= 0.6 is 0 Å². The highest BCUT2D eigenvalue weighted by Crippen LogP contribution is 2.41. The van der Waals surface area contributed by atoms with Crippen LogP contribution in [0.5, 0.6) is 0 Å². The molecular weight excluding hydrogens is 172 g/mol. The predicted octanol–water partition coefficient (Wildman–Crippen LogP) is 3.49. The maximum absolute atomic E-state index is 5.84. The molecule has 1 aliphatic heterocycles. The van der Waals surface area contributed by atoms with Crippen molar-refractivity contribution in [1.82, 2.24) is 0 Å². The zero-order valence-electron chi connectivity index (χ0n) is 9.68. The third-order valence-corrected chi connectivity index (χ3v) is 2.87. The minimum Gasteiger partial charge on any atom is -0.370 e. The molecule has 0 saturated carbocycles. The number of allylic oxidation sites excluding steroid dienone is 1. The van der Waals surface area contributed by atoms with Crippen LogP contribution in [0.3, 0.4) is 0 Å². The Kier molecular flexibility index (Phi) is 2.73. The molecule has 0 fully saturated rings. The predicted molar refractivity (Wildman–Crippen MR) is 61.2 cm³/mol. The quantitative estimate of drug-likeness (QED) is 0.650. The van der Waals surface area contributed by atoms with E-state index in [0.29, 0.717) is 0 Å². The largest absolute Gasteiger partial charge is 0.370 e. The standard InChI is InChI=1S/C13H20O/c1-7-10-11(8-2)13(5,6)14-9-12(10,3)4/h7-8H,1-2,9H2,3-6H3. The number of hydrogen-bond acceptors (Lipinski definition) is 1. The molecule has 0 radical (unpaired) electrons. The molecule has 1 heterocycles. The molecule has 1 heteroatoms. The Morgan fingerprint density at radius 3 is 1.93 bits per heavy atom. The normalized spacial score (nSPS) is 24.6. The van der Waals surface area contributed by atoms with E-state index in [2.05, 4.69) is 40.9 Å². The molecule has 0 amide bonds. The van der Waals surface area contributed by atoms with Gasteiger partial charge in [0.2, 0.25) is 0 Å². The summed E-state index contributed by atoms with van der Waals surface area (Å²) >= 11 is 0. The van der Waals surface area contributed by atoms with Gasteiger partial charge in [0.15, 0.2) is 0 Å². The molecule has 0 aliphatic carbocycles. The van der Waals surface area contributed by atoms with Crippen LogP contribution < -0.4 is 0 Å². The molecular formula is C13H20O. The van der Waals surface area contributed by atoms with E-state index in [1.807, 2.05) is 12.2 Å². The molecule has 0 saturated heterocycles. The van der Waals surface area contributed by atoms with Crippen LogP contribution in [0.1, 0.15) is 27.7 Å². The van der Waals surface area contributed by atoms with Gasteiger partial charge in [-0.3, -0.25) is 0 Å². The topological polar surface area (TPSA) is 9.23 Å². The van der Waals surface area contributed by atoms with Crippen LogP contribution in [0.2, 0.25) is 0 Å². The van der Waals surface area contributed by atoms with E-state index < -0.39 is 0 Å². The van der Waals surface area contributed by atoms with E-state index >= 15 is 0 Å². The second-order valence-electron chi connectivity index (χ2n) is 4.92. The van der Waals surface area contributed by atoms with Gasteiger partial charge in [0.05, 0.1) is 12.2 Å². The third kappa shape index (κ3) is 1.69. The highest BCUT2D eigenvalue weighted by Gasteiger charge is 2.37. The van der Waals surface area contributed by atoms with Gasteiger partial charge < -0.3 is 4.74 Å². The Bertz CT molecular complexity index is 262. The highest BCUT2D eigenvalue weighted by molar-refractivity contribution is 5.42. The molecule has 0 N–H and O–H groups in total. The number of rotatable bonds is 2. The van der Waals surface area contributed by atoms with Crippen molar-refractivity contribution in [3.8, 4) is 0 Å². The molecule has 1 nitrogen and oxygen atoms in total. The maximum atomic E-state index is 5.84. The highest BCUT2D eigenvalue weighted by atomic mass is 16.5. The molecule has 0 unspecified atom stereocenters. The van der Waals surface area contributed by atoms with Crippen molar-refractivity contribution in [3.63, 3.8) is 0 Å². The van der Waals surface area contributed by atoms with E-state index in [4.69, 9.17) is 4.74 Å². The Morgan fingerprint density at radius 2 is 1.57 bits per heavy atom. The van der Waals surface area contributed by atoms with Crippen LogP contribution in [0.15, 0.2) is 36.5 Å². The fraction of sp³-hybridized carbons (Fsp3) is 0.538. The Labute approximate surface area is 87.2 Å². The molecule has 0 atom stereocenters. The summed E-state index contributed by atoms with van der Waals surface area (Å²) < 4.78 is 5.84. The van der Waals surface area contributed by atoms with E-state index in [1.165, 1.54) is 5.57 Å². The minimum absolute atomic E-state index is 0.0425. The molecule has 0 spiro atoms. The summed E-state index contributed by atoms with van der Waals surface area (Å²) in [6, 6.07) is 0. The first-order valence-corrected chi connectivity index (χ1v) is 4.99. The number of hydrogen-bond donors (Lipinski definition) is 0. The minimum atomic E-state index is -0.235. The summed E-state index contributed by atoms with van der Waals surface area (Å²) in [6.07, 6.45) is 3.82. The second-order valence-corrected chi connectivity index (χ2v) is 4.92. The lowest BCUT2D eigenvalue weighted by atomic mass is 9.75. The van der Waals surface area contributed by atoms with Crippen LogP contribution in [0, 0.1) is 5.41 Å². The first-order chi connectivity index (χ1) is 6.35. The van der Waals surface area contributed by atoms with Crippen molar-refractivity contribution in [3.05, 3.63) is 36.5 Å². The van der Waals surface area contributed by atoms with Crippen LogP contribution in [0.4, 0.5) is 0 Å². The van der Waals surface area contributed by atoms with E-state index in [-0.39, 0.29) is 11.0 Å². The summed E-state index contributed by atoms with van der Waals surface area (Å²) in [6.45, 7) is 17.0. The molecule has 14 heavy (non-hydrogen) atoms. The van der Waals surface area contributed by atoms with Gasteiger partial charge in [0.1, 0.15) is 0 Å². The lowest BCUT2D eigenvalue weighted by Crippen LogP contribution is -2.40. The zero-order valence-corrected chi connectivity index (χ0v) is 9.68. The van der Waals surface area contributed by atoms with Gasteiger partial charge in [-0.1, -0.05) is 39.2 Å². The van der Waals surface area contributed by atoms with Gasteiger partial charge in [0, 0.05) is 5.41 Å². The average molecular weight is 192 g/mol. The van der Waals surface area contributed by atoms with Crippen molar-refractivity contribution >= 4 is 0 Å². The molecule has 0 bridgehead atoms. The van der Waals surface area contributed by atoms with Gasteiger partial charge in [-0.25, -0.2) is 0 Å². The summed E-state index contributed by atoms with van der Waals surface area (Å²) in [5.41, 5.74) is 2.22. The molecule has 1 aliphatic rings. The fourth-order valence-corrected chi connectivity index (χ4v) is 1.95. The Morgan fingerprint density at radius 1 is 1.07 bits per heavy atom. The lowest BCUT2D eigenvalue weighted by molar-refractivity contribution is -0.0360. The van der Waals surface area contributed by atoms with E-state index in [0.717, 1.165) is 12.2 Å². The monoisotopic (exact) mass is 192 g/mol. The Balaban J connectivity index is 3.34. The average Bonchev–Trinajstić information content (AvgIpc) is 2.09. The van der Waals surface area contributed by atoms with Gasteiger partial charge in [0.25, 0.3) is 0 Å². The van der Waals surface area contributed by atoms with Crippen molar-refractivity contribution < 1.29 is 4.74 Å². The lowest BCUT2D eigenvalue weighted by Gasteiger charge is -2.41. The van der Waals surface area contributed by atoms with E-state index in [9.17, 15) is 0 Å². The molecule has 78 valence electrons. The van der Waals surface area contributed by atoms with Crippen LogP contribution in [-0.2, 0) is 4.74 Å². The van der Waals surface area contributed by atoms with Gasteiger partial charge in [-0.05, 0) is 25.0 Å². The van der Waals surface area contributed by atoms with Crippen molar-refractivity contribution in [2.24, 2.45) is 5.41 Å². The molecule has 1 rings (SSSR count). The molecule has 0 aromatic rings. The fourth-order valence-electron chi connectivity index (χ4n) is 1.95. The second kappa shape index (κ2) is 3.39. The first kappa shape index (κ1) is 11.3. The summed E-state index contributed by atoms with van der Waals surface area (Å²) in [4.78, 5) is 0. The third-order valence-electron chi connectivity index (χ3n) is 2.87. The zero-order chi connectivity index (χ0) is 11.0. The van der Waals surface area contributed by atoms with Gasteiger partial charge in [-0.15, -0.1) is 0 Å². The van der Waals surface area contributed by atoms with Gasteiger partial charge >= 0.3 is 0 Å². The first-order valence-electron chi connectivity index (χ1n) is 4.99. The summed E-state index contributed by atoms with van der Waals surface area (Å²) in [7, 11) is 0.